The highest BCUT2D eigenvalue weighted by molar-refractivity contribution is 9.10. The Balaban J connectivity index is 1.84. The first-order valence-electron chi connectivity index (χ1n) is 9.79. The molecule has 3 N–H and O–H groups in total. The molecular formula is C20H20BrF3N4O5S. The molecule has 0 bridgehead atoms. The molecule has 184 valence electrons. The number of nitrogens with zero attached hydrogens (tertiary/aromatic N) is 4. The van der Waals surface area contributed by atoms with E-state index >= 15 is 0 Å². The van der Waals surface area contributed by atoms with Crippen molar-refractivity contribution in [3.05, 3.63) is 58.7 Å². The first kappa shape index (κ1) is 26.5. The number of hydrogen-bond donors (Lipinski definition) is 3. The van der Waals surface area contributed by atoms with Crippen LogP contribution in [0.1, 0.15) is 6.92 Å². The molecule has 2 heterocycles. The second-order valence-electron chi connectivity index (χ2n) is 7.25. The quantitative estimate of drug-likeness (QED) is 0.250. The third-order valence-corrected chi connectivity index (χ3v) is 6.63. The van der Waals surface area contributed by atoms with E-state index in [1.807, 2.05) is 0 Å². The summed E-state index contributed by atoms with van der Waals surface area (Å²) in [5.74, 6) is -4.42. The second kappa shape index (κ2) is 11.6. The van der Waals surface area contributed by atoms with Gasteiger partial charge in [0.2, 0.25) is 5.44 Å². The first-order valence-corrected chi connectivity index (χ1v) is 11.8. The number of rotatable bonds is 10. The highest BCUT2D eigenvalue weighted by Gasteiger charge is 2.37. The highest BCUT2D eigenvalue weighted by Crippen LogP contribution is 2.25. The summed E-state index contributed by atoms with van der Waals surface area (Å²) in [7, 11) is 0. The molecule has 3 unspecified atom stereocenters. The number of ether oxygens (including phenoxy) is 1. The molecule has 0 amide bonds. The summed E-state index contributed by atoms with van der Waals surface area (Å²) in [5, 5.41) is 37.7. The van der Waals surface area contributed by atoms with Crippen LogP contribution in [0.15, 0.2) is 46.2 Å². The number of halogens is 4. The van der Waals surface area contributed by atoms with Gasteiger partial charge >= 0.3 is 0 Å². The average Bonchev–Trinajstić information content (AvgIpc) is 3.25. The number of benzene rings is 1. The lowest BCUT2D eigenvalue weighted by atomic mass is 10.1. The average molecular weight is 565 g/mol. The van der Waals surface area contributed by atoms with E-state index in [1.165, 1.54) is 31.6 Å². The zero-order chi connectivity index (χ0) is 25.0. The summed E-state index contributed by atoms with van der Waals surface area (Å²) in [6.07, 6.45) is 0.236. The predicted molar refractivity (Wildman–Crippen MR) is 117 cm³/mol. The fraction of sp³-hybridized carbons (Fsp3) is 0.350. The van der Waals surface area contributed by atoms with Gasteiger partial charge in [-0.1, -0.05) is 5.21 Å². The van der Waals surface area contributed by atoms with E-state index in [4.69, 9.17) is 4.74 Å². The lowest BCUT2D eigenvalue weighted by Gasteiger charge is -2.29. The van der Waals surface area contributed by atoms with Gasteiger partial charge in [-0.15, -0.1) is 5.10 Å². The van der Waals surface area contributed by atoms with E-state index in [0.717, 1.165) is 16.8 Å². The third-order valence-electron chi connectivity index (χ3n) is 4.66. The van der Waals surface area contributed by atoms with E-state index in [-0.39, 0.29) is 22.7 Å². The van der Waals surface area contributed by atoms with Gasteiger partial charge in [-0.3, -0.25) is 4.98 Å². The van der Waals surface area contributed by atoms with E-state index in [9.17, 15) is 33.0 Å². The van der Waals surface area contributed by atoms with Crippen molar-refractivity contribution >= 4 is 27.1 Å². The maximum Gasteiger partial charge on any atom is 0.249 e. The Bertz CT molecular complexity index is 1100. The zero-order valence-electron chi connectivity index (χ0n) is 17.6. The van der Waals surface area contributed by atoms with Crippen molar-refractivity contribution in [2.75, 3.05) is 6.61 Å². The lowest BCUT2D eigenvalue weighted by Crippen LogP contribution is -2.45. The lowest BCUT2D eigenvalue weighted by molar-refractivity contribution is -0.100. The summed E-state index contributed by atoms with van der Waals surface area (Å²) in [5.41, 5.74) is -1.52. The fourth-order valence-electron chi connectivity index (χ4n) is 2.90. The van der Waals surface area contributed by atoms with Crippen LogP contribution in [0.5, 0.6) is 0 Å². The van der Waals surface area contributed by atoms with E-state index < -0.39 is 59.0 Å². The second-order valence-corrected chi connectivity index (χ2v) is 9.70. The number of aliphatic hydroxyl groups excluding tert-OH is 3. The van der Waals surface area contributed by atoms with Crippen molar-refractivity contribution in [1.29, 1.82) is 0 Å². The van der Waals surface area contributed by atoms with Crippen LogP contribution in [0.3, 0.4) is 0 Å². The Morgan fingerprint density at radius 1 is 1.18 bits per heavy atom. The van der Waals surface area contributed by atoms with Crippen molar-refractivity contribution in [3.8, 4) is 11.3 Å². The first-order chi connectivity index (χ1) is 16.1. The topological polar surface area (TPSA) is 137 Å². The maximum atomic E-state index is 13.5. The summed E-state index contributed by atoms with van der Waals surface area (Å²) >= 11 is 1.22. The van der Waals surface area contributed by atoms with Crippen LogP contribution < -0.4 is 0 Å². The number of aliphatic hydroxyl groups is 3. The molecular weight excluding hydrogens is 545 g/mol. The molecule has 2 aromatic heterocycles. The molecule has 0 saturated carbocycles. The number of pyridine rings is 1. The van der Waals surface area contributed by atoms with Crippen molar-refractivity contribution < 1.29 is 37.8 Å². The SMILES string of the molecule is C[C@@H](O)C(CO)OC([C@@H](O)Cn1cc(-c2cc(F)c(F)c(F)c2)nn1)[S+]([O-])c1cncc(Br)c1. The van der Waals surface area contributed by atoms with Crippen LogP contribution in [-0.4, -0.2) is 70.2 Å². The molecule has 9 nitrogen and oxygen atoms in total. The van der Waals surface area contributed by atoms with E-state index in [1.54, 1.807) is 0 Å². The van der Waals surface area contributed by atoms with Gasteiger partial charge < -0.3 is 24.6 Å². The number of hydrogen-bond acceptors (Lipinski definition) is 8. The van der Waals surface area contributed by atoms with Crippen molar-refractivity contribution in [3.63, 3.8) is 0 Å². The Morgan fingerprint density at radius 2 is 1.85 bits per heavy atom. The van der Waals surface area contributed by atoms with E-state index in [2.05, 4.69) is 31.2 Å². The minimum Gasteiger partial charge on any atom is -0.609 e. The molecule has 0 fully saturated rings. The summed E-state index contributed by atoms with van der Waals surface area (Å²) in [6, 6.07) is 3.01. The van der Waals surface area contributed by atoms with Crippen LogP contribution in [0, 0.1) is 17.5 Å². The van der Waals surface area contributed by atoms with Crippen LogP contribution >= 0.6 is 15.9 Å². The van der Waals surface area contributed by atoms with Gasteiger partial charge in [0.25, 0.3) is 0 Å². The van der Waals surface area contributed by atoms with Gasteiger partial charge in [0, 0.05) is 33.5 Å². The summed E-state index contributed by atoms with van der Waals surface area (Å²) < 4.78 is 60.7. The van der Waals surface area contributed by atoms with Crippen molar-refractivity contribution in [1.82, 2.24) is 20.0 Å². The Hall–Kier alpha value is -2.07. The van der Waals surface area contributed by atoms with Gasteiger partial charge in [-0.05, 0) is 35.0 Å². The maximum absolute atomic E-state index is 13.5. The molecule has 14 heteroatoms. The van der Waals surface area contributed by atoms with Crippen LogP contribution in [0.25, 0.3) is 11.3 Å². The Morgan fingerprint density at radius 3 is 2.44 bits per heavy atom. The molecule has 0 aliphatic carbocycles. The molecule has 34 heavy (non-hydrogen) atoms. The predicted octanol–water partition coefficient (Wildman–Crippen LogP) is 1.77. The summed E-state index contributed by atoms with van der Waals surface area (Å²) in [4.78, 5) is 4.14. The summed E-state index contributed by atoms with van der Waals surface area (Å²) in [6.45, 7) is 0.428. The zero-order valence-corrected chi connectivity index (χ0v) is 20.0. The van der Waals surface area contributed by atoms with E-state index in [0.29, 0.717) is 4.47 Å². The molecule has 0 aliphatic rings. The van der Waals surface area contributed by atoms with Gasteiger partial charge in [0.1, 0.15) is 17.9 Å². The molecule has 0 radical (unpaired) electrons. The minimum atomic E-state index is -2.00. The van der Waals surface area contributed by atoms with Gasteiger partial charge in [0.15, 0.2) is 22.3 Å². The van der Waals surface area contributed by atoms with Crippen LogP contribution in [0.2, 0.25) is 0 Å². The monoisotopic (exact) mass is 564 g/mol. The Kier molecular flexibility index (Phi) is 9.03. The van der Waals surface area contributed by atoms with Crippen LogP contribution in [-0.2, 0) is 22.5 Å². The Labute approximate surface area is 203 Å². The van der Waals surface area contributed by atoms with Gasteiger partial charge in [0.05, 0.1) is 31.6 Å². The molecule has 3 rings (SSSR count). The van der Waals surface area contributed by atoms with Gasteiger partial charge in [-0.2, -0.15) is 0 Å². The molecule has 0 saturated heterocycles. The molecule has 1 aromatic carbocycles. The normalized spacial score (nSPS) is 16.1. The third kappa shape index (κ3) is 6.33. The molecule has 0 spiro atoms. The standard InChI is InChI=1S/C20H20BrF3N4O5S/c1-10(30)18(9-29)33-20(34(32)13-4-12(21)5-25-6-13)17(31)8-28-7-16(26-27-28)11-2-14(22)19(24)15(23)3-11/h2-7,10,17-18,20,29-31H,8-9H2,1H3/t10-,17+,18?,20?,34?/m1/s1. The van der Waals surface area contributed by atoms with Gasteiger partial charge in [-0.25, -0.2) is 17.9 Å². The highest BCUT2D eigenvalue weighted by atomic mass is 79.9. The van der Waals surface area contributed by atoms with Crippen LogP contribution in [0.4, 0.5) is 13.2 Å². The largest absolute Gasteiger partial charge is 0.609 e. The molecule has 5 atom stereocenters. The molecule has 0 aliphatic heterocycles. The fourth-order valence-corrected chi connectivity index (χ4v) is 4.71. The smallest absolute Gasteiger partial charge is 0.249 e. The van der Waals surface area contributed by atoms with Crippen molar-refractivity contribution in [2.24, 2.45) is 0 Å². The minimum absolute atomic E-state index is 0.00278. The molecule has 3 aromatic rings. The van der Waals surface area contributed by atoms with Crippen molar-refractivity contribution in [2.45, 2.75) is 42.1 Å². The number of aromatic nitrogens is 4.